The Morgan fingerprint density at radius 3 is 2.70 bits per heavy atom. The van der Waals surface area contributed by atoms with Crippen LogP contribution in [0.3, 0.4) is 0 Å². The third kappa shape index (κ3) is 3.57. The van der Waals surface area contributed by atoms with Gasteiger partial charge in [0.1, 0.15) is 0 Å². The van der Waals surface area contributed by atoms with Crippen molar-refractivity contribution in [2.24, 2.45) is 5.41 Å². The smallest absolute Gasteiger partial charge is 0.230 e. The fourth-order valence-corrected chi connectivity index (χ4v) is 3.93. The molecule has 2 fully saturated rings. The topological polar surface area (TPSA) is 51.2 Å². The molecule has 1 aromatic rings. The van der Waals surface area contributed by atoms with Gasteiger partial charge in [0.15, 0.2) is 0 Å². The molecule has 23 heavy (non-hydrogen) atoms. The molecule has 3 rings (SSSR count). The maximum Gasteiger partial charge on any atom is 0.230 e. The first-order valence-electron chi connectivity index (χ1n) is 8.97. The Hall–Kier alpha value is -1.42. The van der Waals surface area contributed by atoms with E-state index in [0.29, 0.717) is 0 Å². The zero-order chi connectivity index (χ0) is 16.2. The molecule has 4 heteroatoms. The molecule has 0 unspecified atom stereocenters. The van der Waals surface area contributed by atoms with Gasteiger partial charge in [0.05, 0.1) is 5.41 Å². The average molecular weight is 316 g/mol. The number of nitrogens with zero attached hydrogens (tertiary/aromatic N) is 1. The standard InChI is InChI=1S/C19H28N2O2/c1-2-23-13-11-18(7-3-4-8-18)15-21-17(22)19(9-10-19)16-6-5-12-20-14-16/h5-6,12,14H,2-4,7-11,13,15H2,1H3,(H,21,22). The fourth-order valence-electron chi connectivity index (χ4n) is 3.93. The molecule has 1 N–H and O–H groups in total. The minimum atomic E-state index is -0.312. The zero-order valence-corrected chi connectivity index (χ0v) is 14.1. The number of carbonyl (C=O) groups is 1. The van der Waals surface area contributed by atoms with Crippen LogP contribution in [0.15, 0.2) is 24.5 Å². The summed E-state index contributed by atoms with van der Waals surface area (Å²) < 4.78 is 5.56. The van der Waals surface area contributed by atoms with Gasteiger partial charge in [-0.05, 0) is 56.1 Å². The van der Waals surface area contributed by atoms with Gasteiger partial charge < -0.3 is 10.1 Å². The second kappa shape index (κ2) is 7.00. The summed E-state index contributed by atoms with van der Waals surface area (Å²) in [4.78, 5) is 17.0. The molecule has 0 bridgehead atoms. The number of nitrogens with one attached hydrogen (secondary N) is 1. The lowest BCUT2D eigenvalue weighted by molar-refractivity contribution is -0.124. The third-order valence-electron chi connectivity index (χ3n) is 5.67. The number of hydrogen-bond donors (Lipinski definition) is 1. The Labute approximate surface area is 139 Å². The molecule has 2 aliphatic carbocycles. The maximum absolute atomic E-state index is 12.8. The second-order valence-electron chi connectivity index (χ2n) is 7.16. The highest BCUT2D eigenvalue weighted by Gasteiger charge is 2.51. The normalized spacial score (nSPS) is 21.1. The van der Waals surface area contributed by atoms with E-state index in [9.17, 15) is 4.79 Å². The van der Waals surface area contributed by atoms with Crippen LogP contribution in [-0.2, 0) is 14.9 Å². The summed E-state index contributed by atoms with van der Waals surface area (Å²) in [5.41, 5.74) is 0.997. The monoisotopic (exact) mass is 316 g/mol. The number of rotatable bonds is 8. The molecule has 0 radical (unpaired) electrons. The van der Waals surface area contributed by atoms with Gasteiger partial charge in [-0.15, -0.1) is 0 Å². The lowest BCUT2D eigenvalue weighted by Crippen LogP contribution is -2.41. The Bertz CT molecular complexity index is 519. The highest BCUT2D eigenvalue weighted by molar-refractivity contribution is 5.91. The van der Waals surface area contributed by atoms with E-state index in [0.717, 1.165) is 44.6 Å². The summed E-state index contributed by atoms with van der Waals surface area (Å²) in [5, 5.41) is 3.27. The molecule has 1 aromatic heterocycles. The van der Waals surface area contributed by atoms with Crippen LogP contribution >= 0.6 is 0 Å². The van der Waals surface area contributed by atoms with Crippen LogP contribution in [0.25, 0.3) is 0 Å². The van der Waals surface area contributed by atoms with Gasteiger partial charge in [0, 0.05) is 32.2 Å². The van der Waals surface area contributed by atoms with Gasteiger partial charge >= 0.3 is 0 Å². The van der Waals surface area contributed by atoms with Gasteiger partial charge in [0.2, 0.25) is 5.91 Å². The zero-order valence-electron chi connectivity index (χ0n) is 14.1. The first kappa shape index (κ1) is 16.4. The number of pyridine rings is 1. The number of aromatic nitrogens is 1. The molecule has 0 atom stereocenters. The molecule has 1 amide bonds. The van der Waals surface area contributed by atoms with Crippen molar-refractivity contribution < 1.29 is 9.53 Å². The minimum Gasteiger partial charge on any atom is -0.382 e. The summed E-state index contributed by atoms with van der Waals surface area (Å²) in [5.74, 6) is 0.188. The van der Waals surface area contributed by atoms with Crippen LogP contribution in [0.5, 0.6) is 0 Å². The van der Waals surface area contributed by atoms with Gasteiger partial charge in [-0.1, -0.05) is 18.9 Å². The van der Waals surface area contributed by atoms with E-state index in [4.69, 9.17) is 4.74 Å². The number of hydrogen-bond acceptors (Lipinski definition) is 3. The Balaban J connectivity index is 1.59. The van der Waals surface area contributed by atoms with E-state index >= 15 is 0 Å². The number of ether oxygens (including phenoxy) is 1. The van der Waals surface area contributed by atoms with E-state index in [1.165, 1.54) is 25.7 Å². The number of amides is 1. The Kier molecular flexibility index (Phi) is 5.00. The summed E-state index contributed by atoms with van der Waals surface area (Å²) in [6.45, 7) is 4.40. The lowest BCUT2D eigenvalue weighted by atomic mass is 9.82. The largest absolute Gasteiger partial charge is 0.382 e. The summed E-state index contributed by atoms with van der Waals surface area (Å²) in [6.07, 6.45) is 11.5. The van der Waals surface area contributed by atoms with Crippen LogP contribution in [-0.4, -0.2) is 30.6 Å². The predicted octanol–water partition coefficient (Wildman–Crippen LogP) is 3.22. The summed E-state index contributed by atoms with van der Waals surface area (Å²) in [6, 6.07) is 3.95. The Morgan fingerprint density at radius 2 is 2.09 bits per heavy atom. The van der Waals surface area contributed by atoms with Crippen molar-refractivity contribution in [2.45, 2.75) is 57.3 Å². The predicted molar refractivity (Wildman–Crippen MR) is 90.2 cm³/mol. The van der Waals surface area contributed by atoms with Crippen molar-refractivity contribution in [3.63, 3.8) is 0 Å². The van der Waals surface area contributed by atoms with E-state index in [-0.39, 0.29) is 16.7 Å². The van der Waals surface area contributed by atoms with Crippen molar-refractivity contribution in [2.75, 3.05) is 19.8 Å². The SMILES string of the molecule is CCOCCC1(CNC(=O)C2(c3cccnc3)CC2)CCCC1. The van der Waals surface area contributed by atoms with Gasteiger partial charge in [0.25, 0.3) is 0 Å². The highest BCUT2D eigenvalue weighted by Crippen LogP contribution is 2.48. The van der Waals surface area contributed by atoms with E-state index in [1.807, 2.05) is 25.3 Å². The molecule has 4 nitrogen and oxygen atoms in total. The fraction of sp³-hybridized carbons (Fsp3) is 0.684. The molecular weight excluding hydrogens is 288 g/mol. The van der Waals surface area contributed by atoms with Crippen LogP contribution < -0.4 is 5.32 Å². The van der Waals surface area contributed by atoms with Crippen molar-refractivity contribution in [3.05, 3.63) is 30.1 Å². The molecule has 0 saturated heterocycles. The average Bonchev–Trinajstić information content (AvgIpc) is 3.28. The molecule has 1 heterocycles. The van der Waals surface area contributed by atoms with Gasteiger partial charge in [-0.2, -0.15) is 0 Å². The Morgan fingerprint density at radius 1 is 1.30 bits per heavy atom. The molecule has 0 aliphatic heterocycles. The quantitative estimate of drug-likeness (QED) is 0.749. The van der Waals surface area contributed by atoms with Crippen molar-refractivity contribution in [1.82, 2.24) is 10.3 Å². The van der Waals surface area contributed by atoms with Crippen LogP contribution in [0, 0.1) is 5.41 Å². The van der Waals surface area contributed by atoms with E-state index in [1.54, 1.807) is 6.20 Å². The molecule has 0 spiro atoms. The second-order valence-corrected chi connectivity index (χ2v) is 7.16. The summed E-state index contributed by atoms with van der Waals surface area (Å²) >= 11 is 0. The molecule has 0 aromatic carbocycles. The first-order valence-corrected chi connectivity index (χ1v) is 8.97. The van der Waals surface area contributed by atoms with Gasteiger partial charge in [-0.25, -0.2) is 0 Å². The first-order chi connectivity index (χ1) is 11.2. The molecular formula is C19H28N2O2. The van der Waals surface area contributed by atoms with Crippen molar-refractivity contribution in [1.29, 1.82) is 0 Å². The summed E-state index contributed by atoms with van der Waals surface area (Å²) in [7, 11) is 0. The van der Waals surface area contributed by atoms with Gasteiger partial charge in [-0.3, -0.25) is 9.78 Å². The number of carbonyl (C=O) groups excluding carboxylic acids is 1. The van der Waals surface area contributed by atoms with Crippen LogP contribution in [0.2, 0.25) is 0 Å². The molecule has 126 valence electrons. The lowest BCUT2D eigenvalue weighted by Gasteiger charge is -2.30. The molecule has 2 saturated carbocycles. The van der Waals surface area contributed by atoms with Crippen molar-refractivity contribution >= 4 is 5.91 Å². The minimum absolute atomic E-state index is 0.188. The highest BCUT2D eigenvalue weighted by atomic mass is 16.5. The maximum atomic E-state index is 12.8. The van der Waals surface area contributed by atoms with E-state index in [2.05, 4.69) is 10.3 Å². The molecule has 2 aliphatic rings. The van der Waals surface area contributed by atoms with Crippen molar-refractivity contribution in [3.8, 4) is 0 Å². The van der Waals surface area contributed by atoms with Crippen LogP contribution in [0.1, 0.15) is 57.4 Å². The van der Waals surface area contributed by atoms with Crippen LogP contribution in [0.4, 0.5) is 0 Å². The third-order valence-corrected chi connectivity index (χ3v) is 5.67. The van der Waals surface area contributed by atoms with E-state index < -0.39 is 0 Å².